The van der Waals surface area contributed by atoms with Crippen LogP contribution in [0.25, 0.3) is 0 Å². The van der Waals surface area contributed by atoms with Crippen molar-refractivity contribution in [1.29, 1.82) is 0 Å². The number of nitrogens with one attached hydrogen (secondary N) is 1. The zero-order valence-electron chi connectivity index (χ0n) is 11.6. The molecule has 100 valence electrons. The van der Waals surface area contributed by atoms with Crippen molar-refractivity contribution in [2.24, 2.45) is 0 Å². The summed E-state index contributed by atoms with van der Waals surface area (Å²) in [5.41, 5.74) is 3.08. The monoisotopic (exact) mass is 250 g/mol. The Hall–Kier alpha value is -1.55. The molecule has 0 radical (unpaired) electrons. The van der Waals surface area contributed by atoms with Crippen LogP contribution >= 0.6 is 0 Å². The Morgan fingerprint density at radius 3 is 2.50 bits per heavy atom. The Kier molecular flexibility index (Phi) is 5.65. The number of carbonyl (C=O) groups excluding carboxylic acids is 1. The number of ether oxygens (including phenoxy) is 1. The maximum atomic E-state index is 11.4. The van der Waals surface area contributed by atoms with Gasteiger partial charge in [-0.05, 0) is 44.5 Å². The third-order valence-electron chi connectivity index (χ3n) is 2.89. The van der Waals surface area contributed by atoms with Gasteiger partial charge in [-0.25, -0.2) is 0 Å². The molecular formula is C14H22N2O2. The summed E-state index contributed by atoms with van der Waals surface area (Å²) < 4.78 is 4.79. The summed E-state index contributed by atoms with van der Waals surface area (Å²) in [6.07, 6.45) is 0. The molecular weight excluding hydrogens is 228 g/mol. The maximum Gasteiger partial charge on any atom is 0.250 e. The number of amides is 1. The second-order valence-electron chi connectivity index (χ2n) is 4.15. The first-order valence-corrected chi connectivity index (χ1v) is 6.26. The molecule has 0 aliphatic heterocycles. The lowest BCUT2D eigenvalue weighted by Gasteiger charge is -2.22. The Labute approximate surface area is 109 Å². The second kappa shape index (κ2) is 7.01. The molecule has 4 nitrogen and oxygen atoms in total. The van der Waals surface area contributed by atoms with Gasteiger partial charge in [0.1, 0.15) is 6.61 Å². The molecule has 1 N–H and O–H groups in total. The molecule has 0 atom stereocenters. The Bertz CT molecular complexity index is 401. The van der Waals surface area contributed by atoms with Gasteiger partial charge < -0.3 is 15.0 Å². The lowest BCUT2D eigenvalue weighted by molar-refractivity contribution is -0.119. The Balaban J connectivity index is 2.82. The van der Waals surface area contributed by atoms with Gasteiger partial charge in [0.25, 0.3) is 0 Å². The van der Waals surface area contributed by atoms with Crippen LogP contribution in [-0.2, 0) is 9.53 Å². The van der Waals surface area contributed by atoms with E-state index in [0.29, 0.717) is 0 Å². The number of carbonyl (C=O) groups is 1. The number of nitrogens with zero attached hydrogens (tertiary/aromatic N) is 1. The van der Waals surface area contributed by atoms with E-state index >= 15 is 0 Å². The fourth-order valence-corrected chi connectivity index (χ4v) is 1.89. The fraction of sp³-hybridized carbons (Fsp3) is 0.500. The molecule has 0 heterocycles. The van der Waals surface area contributed by atoms with E-state index in [-0.39, 0.29) is 12.5 Å². The van der Waals surface area contributed by atoms with Crippen LogP contribution < -0.4 is 10.2 Å². The minimum Gasteiger partial charge on any atom is -0.375 e. The predicted molar refractivity (Wildman–Crippen MR) is 75.2 cm³/mol. The third kappa shape index (κ3) is 3.74. The number of rotatable bonds is 6. The van der Waals surface area contributed by atoms with Crippen LogP contribution in [-0.4, -0.2) is 32.7 Å². The Morgan fingerprint density at radius 1 is 1.33 bits per heavy atom. The number of aryl methyl sites for hydroxylation is 1. The van der Waals surface area contributed by atoms with Crippen LogP contribution in [0.4, 0.5) is 11.4 Å². The first kappa shape index (κ1) is 14.5. The average Bonchev–Trinajstić information content (AvgIpc) is 2.34. The molecule has 0 saturated heterocycles. The van der Waals surface area contributed by atoms with Gasteiger partial charge in [-0.2, -0.15) is 0 Å². The van der Waals surface area contributed by atoms with E-state index in [0.717, 1.165) is 24.3 Å². The molecule has 1 aromatic carbocycles. The van der Waals surface area contributed by atoms with E-state index in [1.54, 1.807) is 0 Å². The molecule has 1 rings (SSSR count). The summed E-state index contributed by atoms with van der Waals surface area (Å²) in [4.78, 5) is 13.7. The number of hydrogen-bond donors (Lipinski definition) is 1. The summed E-state index contributed by atoms with van der Waals surface area (Å²) in [5.74, 6) is -0.129. The zero-order chi connectivity index (χ0) is 13.5. The van der Waals surface area contributed by atoms with Gasteiger partial charge in [0.15, 0.2) is 0 Å². The van der Waals surface area contributed by atoms with Crippen molar-refractivity contribution in [2.75, 3.05) is 37.0 Å². The fourth-order valence-electron chi connectivity index (χ4n) is 1.89. The van der Waals surface area contributed by atoms with Crippen LogP contribution in [0.5, 0.6) is 0 Å². The molecule has 0 spiro atoms. The maximum absolute atomic E-state index is 11.4. The van der Waals surface area contributed by atoms with E-state index in [2.05, 4.69) is 30.1 Å². The van der Waals surface area contributed by atoms with Crippen molar-refractivity contribution in [1.82, 2.24) is 0 Å². The molecule has 0 aliphatic rings. The highest BCUT2D eigenvalue weighted by atomic mass is 16.5. The molecule has 0 saturated carbocycles. The topological polar surface area (TPSA) is 41.6 Å². The van der Waals surface area contributed by atoms with Gasteiger partial charge in [-0.15, -0.1) is 0 Å². The van der Waals surface area contributed by atoms with Crippen LogP contribution in [0.2, 0.25) is 0 Å². The first-order chi connectivity index (χ1) is 8.62. The predicted octanol–water partition coefficient (Wildman–Crippen LogP) is 2.43. The number of methoxy groups -OCH3 is 1. The van der Waals surface area contributed by atoms with Gasteiger partial charge in [-0.3, -0.25) is 4.79 Å². The summed E-state index contributed by atoms with van der Waals surface area (Å²) in [7, 11) is 1.51. The molecule has 4 heteroatoms. The first-order valence-electron chi connectivity index (χ1n) is 6.26. The van der Waals surface area contributed by atoms with Crippen LogP contribution in [0, 0.1) is 6.92 Å². The summed E-state index contributed by atoms with van der Waals surface area (Å²) in [5, 5.41) is 2.83. The third-order valence-corrected chi connectivity index (χ3v) is 2.89. The molecule has 1 amide bonds. The minimum atomic E-state index is -0.129. The summed E-state index contributed by atoms with van der Waals surface area (Å²) in [6.45, 7) is 8.30. The standard InChI is InChI=1S/C14H22N2O2/c1-5-16(6-2)12-7-8-13(11(3)9-12)15-14(17)10-18-4/h7-9H,5-6,10H2,1-4H3,(H,15,17). The summed E-state index contributed by atoms with van der Waals surface area (Å²) in [6, 6.07) is 6.06. The molecule has 0 bridgehead atoms. The largest absolute Gasteiger partial charge is 0.375 e. The molecule has 0 fully saturated rings. The summed E-state index contributed by atoms with van der Waals surface area (Å²) >= 11 is 0. The van der Waals surface area contributed by atoms with Gasteiger partial charge >= 0.3 is 0 Å². The quantitative estimate of drug-likeness (QED) is 0.843. The SMILES string of the molecule is CCN(CC)c1ccc(NC(=O)COC)c(C)c1. The molecule has 0 unspecified atom stereocenters. The molecule has 18 heavy (non-hydrogen) atoms. The smallest absolute Gasteiger partial charge is 0.250 e. The van der Waals surface area contributed by atoms with E-state index in [1.807, 2.05) is 19.1 Å². The lowest BCUT2D eigenvalue weighted by Crippen LogP contribution is -2.22. The van der Waals surface area contributed by atoms with Crippen molar-refractivity contribution >= 4 is 17.3 Å². The normalized spacial score (nSPS) is 10.2. The van der Waals surface area contributed by atoms with Gasteiger partial charge in [-0.1, -0.05) is 0 Å². The van der Waals surface area contributed by atoms with Crippen molar-refractivity contribution in [3.63, 3.8) is 0 Å². The van der Waals surface area contributed by atoms with Crippen molar-refractivity contribution in [3.05, 3.63) is 23.8 Å². The Morgan fingerprint density at radius 2 is 2.00 bits per heavy atom. The highest BCUT2D eigenvalue weighted by Gasteiger charge is 2.07. The zero-order valence-corrected chi connectivity index (χ0v) is 11.6. The van der Waals surface area contributed by atoms with Gasteiger partial charge in [0.05, 0.1) is 0 Å². The van der Waals surface area contributed by atoms with Crippen molar-refractivity contribution in [3.8, 4) is 0 Å². The van der Waals surface area contributed by atoms with Crippen molar-refractivity contribution in [2.45, 2.75) is 20.8 Å². The van der Waals surface area contributed by atoms with E-state index < -0.39 is 0 Å². The number of benzene rings is 1. The second-order valence-corrected chi connectivity index (χ2v) is 4.15. The number of anilines is 2. The highest BCUT2D eigenvalue weighted by Crippen LogP contribution is 2.22. The lowest BCUT2D eigenvalue weighted by atomic mass is 10.1. The van der Waals surface area contributed by atoms with Gasteiger partial charge in [0.2, 0.25) is 5.91 Å². The van der Waals surface area contributed by atoms with Crippen molar-refractivity contribution < 1.29 is 9.53 Å². The van der Waals surface area contributed by atoms with Gasteiger partial charge in [0, 0.05) is 31.6 Å². The average molecular weight is 250 g/mol. The van der Waals surface area contributed by atoms with E-state index in [1.165, 1.54) is 12.8 Å². The number of hydrogen-bond acceptors (Lipinski definition) is 3. The molecule has 0 aliphatic carbocycles. The van der Waals surface area contributed by atoms with E-state index in [9.17, 15) is 4.79 Å². The van der Waals surface area contributed by atoms with Crippen LogP contribution in [0.15, 0.2) is 18.2 Å². The van der Waals surface area contributed by atoms with Crippen LogP contribution in [0.1, 0.15) is 19.4 Å². The molecule has 0 aromatic heterocycles. The van der Waals surface area contributed by atoms with E-state index in [4.69, 9.17) is 4.74 Å². The van der Waals surface area contributed by atoms with Crippen LogP contribution in [0.3, 0.4) is 0 Å². The highest BCUT2D eigenvalue weighted by molar-refractivity contribution is 5.92. The molecule has 1 aromatic rings. The minimum absolute atomic E-state index is 0.0806.